The molecule has 4 rings (SSSR count). The van der Waals surface area contributed by atoms with Crippen molar-refractivity contribution in [1.29, 1.82) is 0 Å². The van der Waals surface area contributed by atoms with Gasteiger partial charge >= 0.3 is 6.18 Å². The number of hydrogen-bond donors (Lipinski definition) is 1. The van der Waals surface area contributed by atoms with Crippen LogP contribution in [0.25, 0.3) is 0 Å². The van der Waals surface area contributed by atoms with Gasteiger partial charge in [0.1, 0.15) is 5.82 Å². The van der Waals surface area contributed by atoms with Crippen LogP contribution in [0.3, 0.4) is 0 Å². The van der Waals surface area contributed by atoms with Gasteiger partial charge in [0.25, 0.3) is 0 Å². The number of hydrogen-bond acceptors (Lipinski definition) is 5. The molecule has 1 saturated heterocycles. The molecule has 1 aliphatic rings. The van der Waals surface area contributed by atoms with Crippen LogP contribution in [0.1, 0.15) is 59.6 Å². The lowest BCUT2D eigenvalue weighted by molar-refractivity contribution is -0.231. The van der Waals surface area contributed by atoms with Gasteiger partial charge in [0.05, 0.1) is 35.7 Å². The molecule has 0 saturated carbocycles. The normalized spacial score (nSPS) is 20.2. The number of nitrogens with one attached hydrogen (secondary N) is 1. The number of halogens is 4. The van der Waals surface area contributed by atoms with Gasteiger partial charge in [-0.15, -0.1) is 0 Å². The number of aryl methyl sites for hydroxylation is 2. The number of nitrogens with zero attached hydrogens (tertiary/aromatic N) is 3. The first kappa shape index (κ1) is 25.3. The smallest absolute Gasteiger partial charge is 0.349 e. The average molecular weight is 493 g/mol. The fourth-order valence-electron chi connectivity index (χ4n) is 4.38. The summed E-state index contributed by atoms with van der Waals surface area (Å²) in [6, 6.07) is 9.53. The zero-order valence-electron chi connectivity index (χ0n) is 19.8. The van der Waals surface area contributed by atoms with Crippen LogP contribution in [0.5, 0.6) is 0 Å². The zero-order valence-corrected chi connectivity index (χ0v) is 19.8. The van der Waals surface area contributed by atoms with E-state index < -0.39 is 30.2 Å². The molecule has 10 heteroatoms. The zero-order chi connectivity index (χ0) is 25.2. The lowest BCUT2D eigenvalue weighted by Gasteiger charge is -2.41. The number of ether oxygens (including phenoxy) is 2. The van der Waals surface area contributed by atoms with Gasteiger partial charge in [-0.3, -0.25) is 4.90 Å². The summed E-state index contributed by atoms with van der Waals surface area (Å²) < 4.78 is 66.0. The third-order valence-corrected chi connectivity index (χ3v) is 6.15. The van der Waals surface area contributed by atoms with E-state index in [1.807, 2.05) is 6.92 Å². The summed E-state index contributed by atoms with van der Waals surface area (Å²) in [6.45, 7) is 6.69. The summed E-state index contributed by atoms with van der Waals surface area (Å²) in [5.74, 6) is -0.368. The summed E-state index contributed by atoms with van der Waals surface area (Å²) in [5.41, 5.74) is 2.58. The highest BCUT2D eigenvalue weighted by atomic mass is 19.4. The Hall–Kier alpha value is -2.82. The lowest BCUT2D eigenvalue weighted by atomic mass is 10.0. The molecule has 35 heavy (non-hydrogen) atoms. The molecule has 1 unspecified atom stereocenters. The van der Waals surface area contributed by atoms with E-state index in [-0.39, 0.29) is 5.82 Å². The molecule has 1 aromatic heterocycles. The second kappa shape index (κ2) is 10.4. The second-order valence-corrected chi connectivity index (χ2v) is 8.69. The van der Waals surface area contributed by atoms with E-state index >= 15 is 0 Å². The molecule has 0 spiro atoms. The van der Waals surface area contributed by atoms with Crippen molar-refractivity contribution in [3.63, 3.8) is 0 Å². The molecule has 0 amide bonds. The first-order valence-electron chi connectivity index (χ1n) is 11.5. The number of H-pyrrole nitrogens is 1. The van der Waals surface area contributed by atoms with Gasteiger partial charge in [-0.2, -0.15) is 28.6 Å². The highest BCUT2D eigenvalue weighted by Crippen LogP contribution is 2.37. The maximum Gasteiger partial charge on any atom is 0.416 e. The Bertz CT molecular complexity index is 1130. The van der Waals surface area contributed by atoms with Crippen molar-refractivity contribution in [2.75, 3.05) is 13.2 Å². The van der Waals surface area contributed by atoms with Crippen molar-refractivity contribution in [1.82, 2.24) is 20.3 Å². The van der Waals surface area contributed by atoms with Crippen LogP contribution in [0.15, 0.2) is 42.5 Å². The van der Waals surface area contributed by atoms with Crippen molar-refractivity contribution >= 4 is 0 Å². The van der Waals surface area contributed by atoms with Gasteiger partial charge in [-0.25, -0.2) is 4.39 Å². The van der Waals surface area contributed by atoms with Crippen LogP contribution in [-0.2, 0) is 28.6 Å². The van der Waals surface area contributed by atoms with Crippen LogP contribution in [0.2, 0.25) is 0 Å². The van der Waals surface area contributed by atoms with Crippen LogP contribution < -0.4 is 0 Å². The fraction of sp³-hybridized carbons (Fsp3) is 0.440. The Balaban J connectivity index is 1.63. The van der Waals surface area contributed by atoms with E-state index in [1.165, 1.54) is 12.1 Å². The highest BCUT2D eigenvalue weighted by Gasteiger charge is 2.37. The molecule has 3 aromatic rings. The van der Waals surface area contributed by atoms with Crippen molar-refractivity contribution < 1.29 is 27.0 Å². The molecule has 0 aliphatic carbocycles. The van der Waals surface area contributed by atoms with Gasteiger partial charge in [-0.05, 0) is 55.7 Å². The Morgan fingerprint density at radius 1 is 1.14 bits per heavy atom. The SMILES string of the molecule is CCc1n[nH]nc1CN1CCO[C@H](O[C@H](C)c2cc(C)cc(C(F)(F)F)c2)C1c1ccc(F)cc1. The highest BCUT2D eigenvalue weighted by molar-refractivity contribution is 5.32. The van der Waals surface area contributed by atoms with Crippen molar-refractivity contribution in [2.45, 2.75) is 58.3 Å². The predicted octanol–water partition coefficient (Wildman–Crippen LogP) is 5.51. The monoisotopic (exact) mass is 492 g/mol. The van der Waals surface area contributed by atoms with Gasteiger partial charge in [0.15, 0.2) is 6.29 Å². The van der Waals surface area contributed by atoms with Crippen LogP contribution in [0.4, 0.5) is 17.6 Å². The first-order valence-corrected chi connectivity index (χ1v) is 11.5. The molecule has 1 N–H and O–H groups in total. The molecule has 1 aliphatic heterocycles. The predicted molar refractivity (Wildman–Crippen MR) is 121 cm³/mol. The molecule has 0 bridgehead atoms. The fourth-order valence-corrected chi connectivity index (χ4v) is 4.38. The van der Waals surface area contributed by atoms with Crippen molar-refractivity contribution in [3.05, 3.63) is 81.9 Å². The Kier molecular flexibility index (Phi) is 7.53. The third-order valence-electron chi connectivity index (χ3n) is 6.15. The Labute approximate surface area is 201 Å². The van der Waals surface area contributed by atoms with E-state index in [0.717, 1.165) is 29.1 Å². The van der Waals surface area contributed by atoms with E-state index in [2.05, 4.69) is 20.3 Å². The molecule has 3 atom stereocenters. The maximum absolute atomic E-state index is 13.7. The number of aromatic nitrogens is 3. The van der Waals surface area contributed by atoms with Crippen LogP contribution in [0, 0.1) is 12.7 Å². The van der Waals surface area contributed by atoms with Crippen molar-refractivity contribution in [3.8, 4) is 0 Å². The van der Waals surface area contributed by atoms with E-state index in [1.54, 1.807) is 32.0 Å². The first-order chi connectivity index (χ1) is 16.7. The van der Waals surface area contributed by atoms with Gasteiger partial charge in [0.2, 0.25) is 0 Å². The largest absolute Gasteiger partial charge is 0.416 e. The van der Waals surface area contributed by atoms with E-state index in [4.69, 9.17) is 9.47 Å². The van der Waals surface area contributed by atoms with Crippen LogP contribution in [-0.4, -0.2) is 39.8 Å². The van der Waals surface area contributed by atoms with E-state index in [0.29, 0.717) is 37.2 Å². The quantitative estimate of drug-likeness (QED) is 0.441. The maximum atomic E-state index is 13.7. The minimum Gasteiger partial charge on any atom is -0.349 e. The number of alkyl halides is 3. The molecule has 1 fully saturated rings. The molecule has 188 valence electrons. The molecule has 2 aromatic carbocycles. The van der Waals surface area contributed by atoms with Gasteiger partial charge < -0.3 is 9.47 Å². The summed E-state index contributed by atoms with van der Waals surface area (Å²) in [5, 5.41) is 11.1. The molecule has 0 radical (unpaired) electrons. The molecule has 2 heterocycles. The number of benzene rings is 2. The number of morpholine rings is 1. The minimum atomic E-state index is -4.45. The van der Waals surface area contributed by atoms with Gasteiger partial charge in [0, 0.05) is 13.1 Å². The summed E-state index contributed by atoms with van der Waals surface area (Å²) in [7, 11) is 0. The standard InChI is InChI=1S/C25H28F4N4O2/c1-4-21-22(31-32-30-21)14-33-9-10-34-24(23(33)17-5-7-20(26)8-6-17)35-16(3)18-11-15(2)12-19(13-18)25(27,28)29/h5-8,11-13,16,23-24H,4,9-10,14H2,1-3H3,(H,30,31,32)/t16-,23?,24-/m1/s1. The molecule has 6 nitrogen and oxygen atoms in total. The number of aromatic amines is 1. The second-order valence-electron chi connectivity index (χ2n) is 8.69. The topological polar surface area (TPSA) is 63.3 Å². The van der Waals surface area contributed by atoms with Crippen LogP contribution >= 0.6 is 0 Å². The number of rotatable bonds is 7. The lowest BCUT2D eigenvalue weighted by Crippen LogP contribution is -2.46. The van der Waals surface area contributed by atoms with Crippen molar-refractivity contribution in [2.24, 2.45) is 0 Å². The summed E-state index contributed by atoms with van der Waals surface area (Å²) in [4.78, 5) is 2.11. The Morgan fingerprint density at radius 2 is 1.86 bits per heavy atom. The molecular formula is C25H28F4N4O2. The minimum absolute atomic E-state index is 0.357. The third kappa shape index (κ3) is 5.88. The Morgan fingerprint density at radius 3 is 2.54 bits per heavy atom. The average Bonchev–Trinajstić information content (AvgIpc) is 3.26. The summed E-state index contributed by atoms with van der Waals surface area (Å²) >= 11 is 0. The molecular weight excluding hydrogens is 464 g/mol. The van der Waals surface area contributed by atoms with Gasteiger partial charge in [-0.1, -0.05) is 30.7 Å². The van der Waals surface area contributed by atoms with E-state index in [9.17, 15) is 17.6 Å². The summed E-state index contributed by atoms with van der Waals surface area (Å²) in [6.07, 6.45) is -5.22.